The number of benzene rings is 2. The van der Waals surface area contributed by atoms with Gasteiger partial charge in [-0.2, -0.15) is 0 Å². The lowest BCUT2D eigenvalue weighted by molar-refractivity contribution is -0.112. The van der Waals surface area contributed by atoms with Gasteiger partial charge in [0, 0.05) is 17.1 Å². The van der Waals surface area contributed by atoms with E-state index in [1.165, 1.54) is 4.90 Å². The molecule has 0 saturated heterocycles. The predicted molar refractivity (Wildman–Crippen MR) is 85.9 cm³/mol. The van der Waals surface area contributed by atoms with E-state index in [4.69, 9.17) is 4.84 Å². The van der Waals surface area contributed by atoms with Crippen molar-refractivity contribution in [3.8, 4) is 0 Å². The summed E-state index contributed by atoms with van der Waals surface area (Å²) in [6.45, 7) is 0. The molecule has 0 fully saturated rings. The zero-order chi connectivity index (χ0) is 15.7. The van der Waals surface area contributed by atoms with Gasteiger partial charge in [-0.25, -0.2) is 4.79 Å². The van der Waals surface area contributed by atoms with Gasteiger partial charge in [0.05, 0.1) is 11.3 Å². The van der Waals surface area contributed by atoms with Crippen LogP contribution in [-0.4, -0.2) is 24.6 Å². The second kappa shape index (κ2) is 5.73. The lowest BCUT2D eigenvalue weighted by atomic mass is 10.1. The first-order valence-electron chi connectivity index (χ1n) is 6.50. The first kappa shape index (κ1) is 14.5. The van der Waals surface area contributed by atoms with Crippen molar-refractivity contribution < 1.29 is 14.4 Å². The minimum Gasteiger partial charge on any atom is -0.312 e. The molecule has 1 heterocycles. The van der Waals surface area contributed by atoms with Gasteiger partial charge in [-0.1, -0.05) is 39.3 Å². The minimum atomic E-state index is -0.611. The van der Waals surface area contributed by atoms with Crippen LogP contribution in [0.3, 0.4) is 0 Å². The second-order valence-electron chi connectivity index (χ2n) is 4.71. The number of likely N-dealkylation sites (N-methyl/N-ethyl adjacent to an activating group) is 1. The van der Waals surface area contributed by atoms with Crippen molar-refractivity contribution in [3.05, 3.63) is 64.1 Å². The Hall–Kier alpha value is -2.47. The SMILES string of the molecule is CN1C(=O)/C(=N\OC(=O)c2ccc(Br)cc2)c2ccccc21. The average Bonchev–Trinajstić information content (AvgIpc) is 2.78. The summed E-state index contributed by atoms with van der Waals surface area (Å²) in [7, 11) is 1.65. The molecule has 0 spiro atoms. The van der Waals surface area contributed by atoms with Gasteiger partial charge in [0.25, 0.3) is 5.91 Å². The number of anilines is 1. The third-order valence-corrected chi connectivity index (χ3v) is 3.86. The van der Waals surface area contributed by atoms with E-state index in [0.29, 0.717) is 11.1 Å². The topological polar surface area (TPSA) is 59.0 Å². The Labute approximate surface area is 135 Å². The Kier molecular flexibility index (Phi) is 3.77. The molecule has 6 heteroatoms. The van der Waals surface area contributed by atoms with Gasteiger partial charge in [0.2, 0.25) is 0 Å². The van der Waals surface area contributed by atoms with Gasteiger partial charge in [-0.05, 0) is 30.3 Å². The molecule has 1 amide bonds. The van der Waals surface area contributed by atoms with Crippen molar-refractivity contribution in [2.24, 2.45) is 5.16 Å². The van der Waals surface area contributed by atoms with Crippen LogP contribution in [0, 0.1) is 0 Å². The molecule has 0 saturated carbocycles. The Morgan fingerprint density at radius 1 is 1.14 bits per heavy atom. The van der Waals surface area contributed by atoms with Crippen LogP contribution in [0.25, 0.3) is 0 Å². The number of para-hydroxylation sites is 1. The van der Waals surface area contributed by atoms with E-state index in [1.807, 2.05) is 12.1 Å². The standard InChI is InChI=1S/C16H11BrN2O3/c1-19-13-5-3-2-4-12(13)14(15(19)20)18-22-16(21)10-6-8-11(17)9-7-10/h2-9H,1H3/b18-14-. The molecule has 110 valence electrons. The highest BCUT2D eigenvalue weighted by Gasteiger charge is 2.32. The Morgan fingerprint density at radius 3 is 2.55 bits per heavy atom. The molecule has 5 nitrogen and oxygen atoms in total. The van der Waals surface area contributed by atoms with Crippen molar-refractivity contribution in [3.63, 3.8) is 0 Å². The summed E-state index contributed by atoms with van der Waals surface area (Å²) in [6.07, 6.45) is 0. The fourth-order valence-corrected chi connectivity index (χ4v) is 2.43. The first-order chi connectivity index (χ1) is 10.6. The average molecular weight is 359 g/mol. The number of hydrogen-bond donors (Lipinski definition) is 0. The molecule has 1 aliphatic rings. The third-order valence-electron chi connectivity index (χ3n) is 3.33. The molecule has 2 aromatic rings. The molecule has 0 aromatic heterocycles. The van der Waals surface area contributed by atoms with Crippen molar-refractivity contribution >= 4 is 39.2 Å². The van der Waals surface area contributed by atoms with Gasteiger partial charge in [-0.3, -0.25) is 4.79 Å². The quantitative estimate of drug-likeness (QED) is 0.612. The molecular weight excluding hydrogens is 348 g/mol. The van der Waals surface area contributed by atoms with E-state index < -0.39 is 5.97 Å². The van der Waals surface area contributed by atoms with Crippen LogP contribution in [0.1, 0.15) is 15.9 Å². The van der Waals surface area contributed by atoms with Gasteiger partial charge in [-0.15, -0.1) is 0 Å². The number of hydrogen-bond acceptors (Lipinski definition) is 4. The number of nitrogens with zero attached hydrogens (tertiary/aromatic N) is 2. The van der Waals surface area contributed by atoms with Crippen molar-refractivity contribution in [2.75, 3.05) is 11.9 Å². The summed E-state index contributed by atoms with van der Waals surface area (Å²) in [5.41, 5.74) is 1.88. The normalized spacial score (nSPS) is 15.1. The van der Waals surface area contributed by atoms with Gasteiger partial charge < -0.3 is 9.74 Å². The van der Waals surface area contributed by atoms with Crippen molar-refractivity contribution in [1.82, 2.24) is 0 Å². The number of halogens is 1. The molecule has 0 N–H and O–H groups in total. The summed E-state index contributed by atoms with van der Waals surface area (Å²) in [4.78, 5) is 30.5. The Morgan fingerprint density at radius 2 is 1.82 bits per heavy atom. The molecule has 0 radical (unpaired) electrons. The predicted octanol–water partition coefficient (Wildman–Crippen LogP) is 2.99. The highest BCUT2D eigenvalue weighted by molar-refractivity contribution is 9.10. The fraction of sp³-hybridized carbons (Fsp3) is 0.0625. The van der Waals surface area contributed by atoms with Gasteiger partial charge in [0.15, 0.2) is 5.71 Å². The van der Waals surface area contributed by atoms with E-state index in [9.17, 15) is 9.59 Å². The molecule has 0 unspecified atom stereocenters. The van der Waals surface area contributed by atoms with E-state index in [2.05, 4.69) is 21.1 Å². The molecule has 2 aromatic carbocycles. The lowest BCUT2D eigenvalue weighted by Crippen LogP contribution is -2.25. The first-order valence-corrected chi connectivity index (χ1v) is 7.29. The summed E-state index contributed by atoms with van der Waals surface area (Å²) in [5.74, 6) is -0.912. The summed E-state index contributed by atoms with van der Waals surface area (Å²) in [6, 6.07) is 13.9. The van der Waals surface area contributed by atoms with Crippen LogP contribution in [0.4, 0.5) is 5.69 Å². The molecule has 22 heavy (non-hydrogen) atoms. The number of fused-ring (bicyclic) bond motifs is 1. The van der Waals surface area contributed by atoms with E-state index in [-0.39, 0.29) is 11.6 Å². The molecule has 0 bridgehead atoms. The zero-order valence-corrected chi connectivity index (χ0v) is 13.2. The molecule has 0 atom stereocenters. The number of oxime groups is 1. The number of carbonyl (C=O) groups excluding carboxylic acids is 2. The molecule has 1 aliphatic heterocycles. The summed E-state index contributed by atoms with van der Waals surface area (Å²) >= 11 is 3.29. The second-order valence-corrected chi connectivity index (χ2v) is 5.62. The van der Waals surface area contributed by atoms with Crippen LogP contribution in [0.5, 0.6) is 0 Å². The minimum absolute atomic E-state index is 0.128. The van der Waals surface area contributed by atoms with Gasteiger partial charge >= 0.3 is 5.97 Å². The highest BCUT2D eigenvalue weighted by Crippen LogP contribution is 2.27. The smallest absolute Gasteiger partial charge is 0.312 e. The maximum absolute atomic E-state index is 12.2. The lowest BCUT2D eigenvalue weighted by Gasteiger charge is -2.07. The van der Waals surface area contributed by atoms with E-state index in [0.717, 1.165) is 10.2 Å². The fourth-order valence-electron chi connectivity index (χ4n) is 2.16. The van der Waals surface area contributed by atoms with Crippen LogP contribution in [0.15, 0.2) is 58.2 Å². The molecule has 0 aliphatic carbocycles. The van der Waals surface area contributed by atoms with Crippen LogP contribution < -0.4 is 4.90 Å². The monoisotopic (exact) mass is 358 g/mol. The van der Waals surface area contributed by atoms with Crippen molar-refractivity contribution in [2.45, 2.75) is 0 Å². The Balaban J connectivity index is 1.85. The zero-order valence-electron chi connectivity index (χ0n) is 11.6. The summed E-state index contributed by atoms with van der Waals surface area (Å²) < 4.78 is 0.858. The highest BCUT2D eigenvalue weighted by atomic mass is 79.9. The summed E-state index contributed by atoms with van der Waals surface area (Å²) in [5, 5.41) is 3.76. The molecule has 3 rings (SSSR count). The van der Waals surface area contributed by atoms with E-state index in [1.54, 1.807) is 43.4 Å². The van der Waals surface area contributed by atoms with Crippen molar-refractivity contribution in [1.29, 1.82) is 0 Å². The number of rotatable bonds is 2. The van der Waals surface area contributed by atoms with Crippen LogP contribution in [-0.2, 0) is 9.63 Å². The number of carbonyl (C=O) groups is 2. The Bertz CT molecular complexity index is 784. The molecular formula is C16H11BrN2O3. The van der Waals surface area contributed by atoms with E-state index >= 15 is 0 Å². The maximum Gasteiger partial charge on any atom is 0.365 e. The maximum atomic E-state index is 12.2. The van der Waals surface area contributed by atoms with Gasteiger partial charge in [0.1, 0.15) is 0 Å². The third kappa shape index (κ3) is 2.53. The van der Waals surface area contributed by atoms with Crippen LogP contribution in [0.2, 0.25) is 0 Å². The van der Waals surface area contributed by atoms with Crippen LogP contribution >= 0.6 is 15.9 Å². The largest absolute Gasteiger partial charge is 0.365 e. The number of amides is 1.